The molecule has 20 heavy (non-hydrogen) atoms. The summed E-state index contributed by atoms with van der Waals surface area (Å²) in [7, 11) is 0. The van der Waals surface area contributed by atoms with Crippen molar-refractivity contribution >= 4 is 15.9 Å². The van der Waals surface area contributed by atoms with Crippen molar-refractivity contribution in [3.63, 3.8) is 0 Å². The second kappa shape index (κ2) is 5.91. The maximum Gasteiger partial charge on any atom is 0.267 e. The van der Waals surface area contributed by atoms with Crippen molar-refractivity contribution in [2.75, 3.05) is 0 Å². The Morgan fingerprint density at radius 3 is 2.90 bits per heavy atom. The highest BCUT2D eigenvalue weighted by Crippen LogP contribution is 2.27. The van der Waals surface area contributed by atoms with Gasteiger partial charge in [0, 0.05) is 12.4 Å². The van der Waals surface area contributed by atoms with Gasteiger partial charge >= 0.3 is 0 Å². The molecular formula is C14H17BrN4O. The first-order chi connectivity index (χ1) is 9.74. The molecule has 2 aromatic rings. The Morgan fingerprint density at radius 1 is 1.30 bits per heavy atom. The average molecular weight is 337 g/mol. The third-order valence-corrected chi connectivity index (χ3v) is 4.35. The Bertz CT molecular complexity index is 643. The predicted molar refractivity (Wildman–Crippen MR) is 79.6 cm³/mol. The Labute approximate surface area is 125 Å². The van der Waals surface area contributed by atoms with Gasteiger partial charge in [-0.3, -0.25) is 14.0 Å². The van der Waals surface area contributed by atoms with Crippen molar-refractivity contribution < 1.29 is 0 Å². The summed E-state index contributed by atoms with van der Waals surface area (Å²) in [5.74, 6) is 0. The molecule has 0 atom stereocenters. The second-order valence-corrected chi connectivity index (χ2v) is 6.11. The van der Waals surface area contributed by atoms with Crippen LogP contribution in [0.4, 0.5) is 0 Å². The lowest BCUT2D eigenvalue weighted by molar-refractivity contribution is 0.328. The van der Waals surface area contributed by atoms with Crippen molar-refractivity contribution in [1.29, 1.82) is 0 Å². The molecule has 0 saturated heterocycles. The molecule has 2 heterocycles. The normalized spacial score (nSPS) is 16.4. The predicted octanol–water partition coefficient (Wildman–Crippen LogP) is 2.76. The van der Waals surface area contributed by atoms with E-state index in [1.54, 1.807) is 10.9 Å². The molecule has 0 bridgehead atoms. The number of hydrogen-bond donors (Lipinski definition) is 0. The molecule has 1 saturated carbocycles. The first-order valence-corrected chi connectivity index (χ1v) is 7.77. The summed E-state index contributed by atoms with van der Waals surface area (Å²) in [5, 5.41) is 4.61. The largest absolute Gasteiger partial charge is 0.292 e. The molecule has 0 radical (unpaired) electrons. The highest BCUT2D eigenvalue weighted by molar-refractivity contribution is 9.10. The minimum atomic E-state index is -0.0767. The summed E-state index contributed by atoms with van der Waals surface area (Å²) >= 11 is 3.21. The van der Waals surface area contributed by atoms with Gasteiger partial charge < -0.3 is 0 Å². The fourth-order valence-electron chi connectivity index (χ4n) is 2.72. The van der Waals surface area contributed by atoms with Gasteiger partial charge in [0.2, 0.25) is 0 Å². The van der Waals surface area contributed by atoms with E-state index in [9.17, 15) is 4.79 Å². The molecule has 0 N–H and O–H groups in total. The first-order valence-electron chi connectivity index (χ1n) is 6.98. The van der Waals surface area contributed by atoms with Crippen LogP contribution in [-0.4, -0.2) is 19.3 Å². The summed E-state index contributed by atoms with van der Waals surface area (Å²) in [4.78, 5) is 15.9. The first kappa shape index (κ1) is 13.5. The fourth-order valence-corrected chi connectivity index (χ4v) is 3.07. The van der Waals surface area contributed by atoms with Crippen molar-refractivity contribution in [3.05, 3.63) is 45.3 Å². The average Bonchev–Trinajstić information content (AvgIpc) is 2.93. The SMILES string of the molecule is O=c1c(Br)cncn1Cc1ccn(C2CCCCC2)n1. The Balaban J connectivity index is 1.77. The zero-order chi connectivity index (χ0) is 13.9. The summed E-state index contributed by atoms with van der Waals surface area (Å²) < 4.78 is 4.11. The molecule has 2 aromatic heterocycles. The smallest absolute Gasteiger partial charge is 0.267 e. The van der Waals surface area contributed by atoms with Crippen molar-refractivity contribution in [2.45, 2.75) is 44.7 Å². The van der Waals surface area contributed by atoms with Crippen LogP contribution in [0.2, 0.25) is 0 Å². The van der Waals surface area contributed by atoms with E-state index in [4.69, 9.17) is 0 Å². The Hall–Kier alpha value is -1.43. The van der Waals surface area contributed by atoms with Crippen LogP contribution in [0.3, 0.4) is 0 Å². The molecule has 1 fully saturated rings. The summed E-state index contributed by atoms with van der Waals surface area (Å²) in [5.41, 5.74) is 0.824. The van der Waals surface area contributed by atoms with Crippen LogP contribution in [0.1, 0.15) is 43.8 Å². The van der Waals surface area contributed by atoms with E-state index >= 15 is 0 Å². The molecular weight excluding hydrogens is 320 g/mol. The number of aromatic nitrogens is 4. The lowest BCUT2D eigenvalue weighted by Gasteiger charge is -2.21. The summed E-state index contributed by atoms with van der Waals surface area (Å²) in [6.07, 6.45) is 11.4. The van der Waals surface area contributed by atoms with E-state index in [0.717, 1.165) is 5.69 Å². The topological polar surface area (TPSA) is 52.7 Å². The van der Waals surface area contributed by atoms with Crippen molar-refractivity contribution in [2.24, 2.45) is 0 Å². The summed E-state index contributed by atoms with van der Waals surface area (Å²) in [6.45, 7) is 0.463. The van der Waals surface area contributed by atoms with E-state index in [-0.39, 0.29) is 5.56 Å². The van der Waals surface area contributed by atoms with Crippen LogP contribution >= 0.6 is 15.9 Å². The van der Waals surface area contributed by atoms with E-state index in [0.29, 0.717) is 17.1 Å². The van der Waals surface area contributed by atoms with Gasteiger partial charge in [-0.25, -0.2) is 4.98 Å². The molecule has 0 aromatic carbocycles. The number of rotatable bonds is 3. The van der Waals surface area contributed by atoms with Crippen LogP contribution in [0.5, 0.6) is 0 Å². The van der Waals surface area contributed by atoms with Crippen molar-refractivity contribution in [1.82, 2.24) is 19.3 Å². The molecule has 0 unspecified atom stereocenters. The molecule has 106 valence electrons. The maximum atomic E-state index is 11.9. The van der Waals surface area contributed by atoms with Gasteiger partial charge in [0.05, 0.1) is 24.6 Å². The van der Waals surface area contributed by atoms with Gasteiger partial charge in [-0.15, -0.1) is 0 Å². The third-order valence-electron chi connectivity index (χ3n) is 3.80. The Kier molecular flexibility index (Phi) is 4.00. The summed E-state index contributed by atoms with van der Waals surface area (Å²) in [6, 6.07) is 2.51. The Morgan fingerprint density at radius 2 is 2.10 bits per heavy atom. The molecule has 3 rings (SSSR count). The van der Waals surface area contributed by atoms with Crippen LogP contribution in [0.15, 0.2) is 34.1 Å². The highest BCUT2D eigenvalue weighted by Gasteiger charge is 2.16. The van der Waals surface area contributed by atoms with Gasteiger partial charge in [0.1, 0.15) is 4.47 Å². The van der Waals surface area contributed by atoms with E-state index in [1.807, 2.05) is 12.3 Å². The van der Waals surface area contributed by atoms with Crippen LogP contribution in [-0.2, 0) is 6.54 Å². The van der Waals surface area contributed by atoms with E-state index in [2.05, 4.69) is 30.7 Å². The van der Waals surface area contributed by atoms with Gasteiger partial charge in [0.15, 0.2) is 0 Å². The molecule has 0 aliphatic heterocycles. The molecule has 1 aliphatic carbocycles. The number of halogens is 1. The lowest BCUT2D eigenvalue weighted by Crippen LogP contribution is -2.21. The fraction of sp³-hybridized carbons (Fsp3) is 0.500. The standard InChI is InChI=1S/C14H17BrN4O/c15-13-8-16-10-18(14(13)20)9-11-6-7-19(17-11)12-4-2-1-3-5-12/h6-8,10,12H,1-5,9H2. The van der Waals surface area contributed by atoms with E-state index < -0.39 is 0 Å². The minimum absolute atomic E-state index is 0.0767. The molecule has 1 aliphatic rings. The van der Waals surface area contributed by atoms with Gasteiger partial charge in [-0.05, 0) is 34.8 Å². The van der Waals surface area contributed by atoms with Crippen molar-refractivity contribution in [3.8, 4) is 0 Å². The lowest BCUT2D eigenvalue weighted by atomic mass is 9.96. The molecule has 5 nitrogen and oxygen atoms in total. The number of nitrogens with zero attached hydrogens (tertiary/aromatic N) is 4. The highest BCUT2D eigenvalue weighted by atomic mass is 79.9. The van der Waals surface area contributed by atoms with Crippen LogP contribution < -0.4 is 5.56 Å². The van der Waals surface area contributed by atoms with Crippen LogP contribution in [0.25, 0.3) is 0 Å². The quantitative estimate of drug-likeness (QED) is 0.865. The molecule has 0 spiro atoms. The van der Waals surface area contributed by atoms with Gasteiger partial charge in [-0.1, -0.05) is 19.3 Å². The minimum Gasteiger partial charge on any atom is -0.292 e. The monoisotopic (exact) mass is 336 g/mol. The second-order valence-electron chi connectivity index (χ2n) is 5.25. The third kappa shape index (κ3) is 2.85. The molecule has 0 amide bonds. The van der Waals surface area contributed by atoms with E-state index in [1.165, 1.54) is 38.3 Å². The van der Waals surface area contributed by atoms with Gasteiger partial charge in [-0.2, -0.15) is 5.10 Å². The molecule has 6 heteroatoms. The van der Waals surface area contributed by atoms with Crippen LogP contribution in [0, 0.1) is 0 Å². The number of hydrogen-bond acceptors (Lipinski definition) is 3. The zero-order valence-corrected chi connectivity index (χ0v) is 12.8. The zero-order valence-electron chi connectivity index (χ0n) is 11.2. The maximum absolute atomic E-state index is 11.9. The van der Waals surface area contributed by atoms with Gasteiger partial charge in [0.25, 0.3) is 5.56 Å².